The van der Waals surface area contributed by atoms with E-state index in [1.54, 1.807) is 0 Å². The van der Waals surface area contributed by atoms with Crippen LogP contribution in [0.3, 0.4) is 0 Å². The highest BCUT2D eigenvalue weighted by atomic mass is 32.1. The van der Waals surface area contributed by atoms with Crippen LogP contribution in [0.15, 0.2) is 0 Å². The van der Waals surface area contributed by atoms with Gasteiger partial charge in [0.2, 0.25) is 0 Å². The van der Waals surface area contributed by atoms with Crippen molar-refractivity contribution in [1.82, 2.24) is 9.13 Å². The quantitative estimate of drug-likeness (QED) is 0.662. The molecule has 0 aliphatic carbocycles. The first-order valence-electron chi connectivity index (χ1n) is 7.06. The Kier molecular flexibility index (Phi) is 4.82. The van der Waals surface area contributed by atoms with Gasteiger partial charge in [0.05, 0.1) is 0 Å². The largest absolute Gasteiger partial charge is 0.318 e. The molecule has 1 aromatic rings. The molecule has 18 heavy (non-hydrogen) atoms. The summed E-state index contributed by atoms with van der Waals surface area (Å²) in [6.07, 6.45) is 0. The maximum Gasteiger partial charge on any atom is 0.180 e. The van der Waals surface area contributed by atoms with E-state index in [9.17, 15) is 0 Å². The van der Waals surface area contributed by atoms with E-state index in [2.05, 4.69) is 64.5 Å². The van der Waals surface area contributed by atoms with Crippen molar-refractivity contribution in [3.8, 4) is 0 Å². The maximum absolute atomic E-state index is 5.72. The number of nitrogens with zero attached hydrogens (tertiary/aromatic N) is 2. The maximum atomic E-state index is 5.72. The van der Waals surface area contributed by atoms with E-state index in [0.29, 0.717) is 23.9 Å². The Morgan fingerprint density at radius 1 is 0.667 bits per heavy atom. The Morgan fingerprint density at radius 2 is 0.944 bits per heavy atom. The van der Waals surface area contributed by atoms with Crippen molar-refractivity contribution in [3.05, 3.63) is 16.2 Å². The molecule has 0 spiro atoms. The van der Waals surface area contributed by atoms with Crippen molar-refractivity contribution in [2.45, 2.75) is 79.3 Å². The fraction of sp³-hybridized carbons (Fsp3) is 0.800. The van der Waals surface area contributed by atoms with Crippen LogP contribution >= 0.6 is 12.2 Å². The van der Waals surface area contributed by atoms with Gasteiger partial charge in [-0.05, 0) is 51.7 Å². The third kappa shape index (κ3) is 2.56. The summed E-state index contributed by atoms with van der Waals surface area (Å²) in [6, 6.07) is 0.847. The molecule has 104 valence electrons. The van der Waals surface area contributed by atoms with Crippen molar-refractivity contribution < 1.29 is 0 Å². The monoisotopic (exact) mass is 268 g/mol. The molecule has 1 rings (SSSR count). The molecule has 0 aliphatic rings. The fourth-order valence-electron chi connectivity index (χ4n) is 2.71. The van der Waals surface area contributed by atoms with Gasteiger partial charge in [-0.15, -0.1) is 0 Å². The second-order valence-electron chi connectivity index (χ2n) is 6.29. The third-order valence-corrected chi connectivity index (χ3v) is 3.71. The molecule has 0 aromatic carbocycles. The summed E-state index contributed by atoms with van der Waals surface area (Å²) >= 11 is 5.72. The number of hydrogen-bond donors (Lipinski definition) is 0. The zero-order chi connectivity index (χ0) is 14.2. The molecule has 0 aliphatic heterocycles. The van der Waals surface area contributed by atoms with E-state index in [1.165, 1.54) is 11.4 Å². The summed E-state index contributed by atoms with van der Waals surface area (Å²) in [6.45, 7) is 17.9. The van der Waals surface area contributed by atoms with E-state index in [0.717, 1.165) is 4.77 Å². The molecule has 0 radical (unpaired) electrons. The SMILES string of the molecule is CC(C)c1c(C(C)C)n(C(C)C)c(=S)n1C(C)C. The highest BCUT2D eigenvalue weighted by Crippen LogP contribution is 2.32. The Hall–Kier alpha value is -0.570. The van der Waals surface area contributed by atoms with Crippen molar-refractivity contribution in [1.29, 1.82) is 0 Å². The average molecular weight is 268 g/mol. The van der Waals surface area contributed by atoms with Crippen molar-refractivity contribution in [2.24, 2.45) is 0 Å². The van der Waals surface area contributed by atoms with Gasteiger partial charge in [-0.2, -0.15) is 0 Å². The first-order valence-corrected chi connectivity index (χ1v) is 7.47. The molecule has 0 amide bonds. The van der Waals surface area contributed by atoms with Gasteiger partial charge in [-0.3, -0.25) is 0 Å². The molecule has 0 saturated heterocycles. The van der Waals surface area contributed by atoms with Gasteiger partial charge in [0.15, 0.2) is 4.77 Å². The minimum Gasteiger partial charge on any atom is -0.318 e. The van der Waals surface area contributed by atoms with Crippen molar-refractivity contribution in [3.63, 3.8) is 0 Å². The van der Waals surface area contributed by atoms with E-state index in [4.69, 9.17) is 12.2 Å². The molecule has 0 fully saturated rings. The highest BCUT2D eigenvalue weighted by Gasteiger charge is 2.24. The second-order valence-corrected chi connectivity index (χ2v) is 6.66. The lowest BCUT2D eigenvalue weighted by molar-refractivity contribution is 0.520. The fourth-order valence-corrected chi connectivity index (χ4v) is 3.33. The summed E-state index contributed by atoms with van der Waals surface area (Å²) < 4.78 is 5.66. The first kappa shape index (κ1) is 15.5. The van der Waals surface area contributed by atoms with Gasteiger partial charge in [0, 0.05) is 23.5 Å². The number of rotatable bonds is 4. The molecule has 0 atom stereocenters. The predicted octanol–water partition coefficient (Wildman–Crippen LogP) is 5.43. The summed E-state index contributed by atoms with van der Waals surface area (Å²) in [5.74, 6) is 1.01. The number of hydrogen-bond acceptors (Lipinski definition) is 1. The van der Waals surface area contributed by atoms with Crippen LogP contribution in [0, 0.1) is 4.77 Å². The first-order chi connectivity index (χ1) is 8.20. The van der Waals surface area contributed by atoms with E-state index in [-0.39, 0.29) is 0 Å². The Morgan fingerprint density at radius 3 is 1.11 bits per heavy atom. The Labute approximate surface area is 117 Å². The highest BCUT2D eigenvalue weighted by molar-refractivity contribution is 7.71. The van der Waals surface area contributed by atoms with Crippen LogP contribution in [0.4, 0.5) is 0 Å². The zero-order valence-corrected chi connectivity index (χ0v) is 13.9. The second kappa shape index (κ2) is 5.60. The molecule has 1 aromatic heterocycles. The normalized spacial score (nSPS) is 12.4. The summed E-state index contributed by atoms with van der Waals surface area (Å²) in [5, 5.41) is 0. The average Bonchev–Trinajstić information content (AvgIpc) is 2.51. The summed E-state index contributed by atoms with van der Waals surface area (Å²) in [5.41, 5.74) is 2.83. The van der Waals surface area contributed by atoms with Crippen LogP contribution in [0.1, 0.15) is 90.7 Å². The molecule has 0 bridgehead atoms. The molecule has 2 nitrogen and oxygen atoms in total. The minimum absolute atomic E-state index is 0.424. The lowest BCUT2D eigenvalue weighted by Gasteiger charge is -2.19. The van der Waals surface area contributed by atoms with Crippen LogP contribution in [-0.2, 0) is 0 Å². The van der Waals surface area contributed by atoms with Gasteiger partial charge in [0.25, 0.3) is 0 Å². The molecule has 0 N–H and O–H groups in total. The Balaban J connectivity index is 3.75. The van der Waals surface area contributed by atoms with Gasteiger partial charge < -0.3 is 9.13 Å². The zero-order valence-electron chi connectivity index (χ0n) is 13.1. The topological polar surface area (TPSA) is 9.86 Å². The van der Waals surface area contributed by atoms with Crippen molar-refractivity contribution >= 4 is 12.2 Å². The van der Waals surface area contributed by atoms with Gasteiger partial charge >= 0.3 is 0 Å². The van der Waals surface area contributed by atoms with E-state index >= 15 is 0 Å². The molecule has 1 heterocycles. The van der Waals surface area contributed by atoms with Gasteiger partial charge in [-0.1, -0.05) is 27.7 Å². The van der Waals surface area contributed by atoms with Gasteiger partial charge in [0.1, 0.15) is 0 Å². The standard InChI is InChI=1S/C15H28N2S/c1-9(2)13-14(10(3)4)17(12(7)8)15(18)16(13)11(5)6/h9-12H,1-8H3. The molecule has 0 unspecified atom stereocenters. The van der Waals surface area contributed by atoms with Gasteiger partial charge in [-0.25, -0.2) is 0 Å². The lowest BCUT2D eigenvalue weighted by atomic mass is 10.00. The van der Waals surface area contributed by atoms with E-state index in [1.807, 2.05) is 0 Å². The smallest absolute Gasteiger partial charge is 0.180 e. The van der Waals surface area contributed by atoms with Crippen LogP contribution in [0.2, 0.25) is 0 Å². The Bertz CT molecular complexity index is 421. The lowest BCUT2D eigenvalue weighted by Crippen LogP contribution is -2.09. The third-order valence-electron chi connectivity index (χ3n) is 3.32. The molecular formula is C15H28N2S. The molecular weight excluding hydrogens is 240 g/mol. The van der Waals surface area contributed by atoms with Crippen molar-refractivity contribution in [2.75, 3.05) is 0 Å². The summed E-state index contributed by atoms with van der Waals surface area (Å²) in [4.78, 5) is 0. The molecule has 0 saturated carbocycles. The number of aromatic nitrogens is 2. The number of imidazole rings is 1. The summed E-state index contributed by atoms with van der Waals surface area (Å²) in [7, 11) is 0. The minimum atomic E-state index is 0.424. The van der Waals surface area contributed by atoms with Crippen LogP contribution in [0.25, 0.3) is 0 Å². The van der Waals surface area contributed by atoms with Crippen LogP contribution < -0.4 is 0 Å². The van der Waals surface area contributed by atoms with Crippen LogP contribution in [0.5, 0.6) is 0 Å². The van der Waals surface area contributed by atoms with Crippen LogP contribution in [-0.4, -0.2) is 9.13 Å². The predicted molar refractivity (Wildman–Crippen MR) is 82.2 cm³/mol. The molecule has 3 heteroatoms. The van der Waals surface area contributed by atoms with E-state index < -0.39 is 0 Å².